The maximum absolute atomic E-state index is 6.10. The van der Waals surface area contributed by atoms with E-state index < -0.39 is 0 Å². The quantitative estimate of drug-likeness (QED) is 0.898. The summed E-state index contributed by atoms with van der Waals surface area (Å²) in [6.07, 6.45) is 0. The van der Waals surface area contributed by atoms with Gasteiger partial charge in [-0.1, -0.05) is 29.3 Å². The van der Waals surface area contributed by atoms with Gasteiger partial charge in [0.2, 0.25) is 0 Å². The van der Waals surface area contributed by atoms with Crippen LogP contribution in [0.1, 0.15) is 11.6 Å². The first-order valence-electron chi connectivity index (χ1n) is 4.70. The molecule has 84 valence electrons. The minimum Gasteiger partial charge on any atom is -0.324 e. The second kappa shape index (κ2) is 4.41. The lowest BCUT2D eigenvalue weighted by Crippen LogP contribution is -2.08. The van der Waals surface area contributed by atoms with E-state index in [1.165, 1.54) is 0 Å². The number of aromatic nitrogens is 3. The fraction of sp³-hybridized carbons (Fsp3) is 0.200. The predicted octanol–water partition coefficient (Wildman–Crippen LogP) is 2.34. The van der Waals surface area contributed by atoms with Crippen LogP contribution in [0.4, 0.5) is 0 Å². The minimum absolute atomic E-state index is 0.295. The summed E-state index contributed by atoms with van der Waals surface area (Å²) < 4.78 is 1.61. The Labute approximate surface area is 103 Å². The topological polar surface area (TPSA) is 56.7 Å². The van der Waals surface area contributed by atoms with Crippen LogP contribution in [0.15, 0.2) is 18.2 Å². The molecule has 0 bridgehead atoms. The van der Waals surface area contributed by atoms with Gasteiger partial charge in [0, 0.05) is 0 Å². The molecule has 2 aromatic rings. The molecule has 1 aromatic heterocycles. The predicted molar refractivity (Wildman–Crippen MR) is 64.0 cm³/mol. The highest BCUT2D eigenvalue weighted by Crippen LogP contribution is 2.28. The number of hydrogen-bond donors (Lipinski definition) is 1. The van der Waals surface area contributed by atoms with Crippen LogP contribution in [-0.4, -0.2) is 14.8 Å². The van der Waals surface area contributed by atoms with Gasteiger partial charge in [0.1, 0.15) is 11.6 Å². The van der Waals surface area contributed by atoms with Gasteiger partial charge in [-0.25, -0.2) is 9.67 Å². The first-order valence-corrected chi connectivity index (χ1v) is 5.46. The van der Waals surface area contributed by atoms with Gasteiger partial charge < -0.3 is 5.73 Å². The Hall–Kier alpha value is -1.10. The molecule has 0 amide bonds. The molecule has 0 aliphatic carbocycles. The standard InChI is InChI=1S/C10H10Cl2N4/c1-6-14-9(5-13)16(15-6)8-4-2-3-7(11)10(8)12/h2-4H,5,13H2,1H3. The van der Waals surface area contributed by atoms with E-state index in [1.54, 1.807) is 23.7 Å². The largest absolute Gasteiger partial charge is 0.324 e. The molecule has 2 N–H and O–H groups in total. The molecule has 0 aliphatic heterocycles. The SMILES string of the molecule is Cc1nc(CN)n(-c2cccc(Cl)c2Cl)n1. The molecule has 0 fully saturated rings. The van der Waals surface area contributed by atoms with Crippen molar-refractivity contribution < 1.29 is 0 Å². The van der Waals surface area contributed by atoms with Gasteiger partial charge in [-0.2, -0.15) is 5.10 Å². The van der Waals surface area contributed by atoms with Crippen molar-refractivity contribution in [3.63, 3.8) is 0 Å². The van der Waals surface area contributed by atoms with E-state index in [-0.39, 0.29) is 0 Å². The smallest absolute Gasteiger partial charge is 0.148 e. The number of rotatable bonds is 2. The van der Waals surface area contributed by atoms with Crippen LogP contribution >= 0.6 is 23.2 Å². The molecule has 0 aliphatic rings. The van der Waals surface area contributed by atoms with E-state index in [0.717, 1.165) is 0 Å². The zero-order chi connectivity index (χ0) is 11.7. The minimum atomic E-state index is 0.295. The lowest BCUT2D eigenvalue weighted by molar-refractivity contribution is 0.786. The zero-order valence-electron chi connectivity index (χ0n) is 8.61. The zero-order valence-corrected chi connectivity index (χ0v) is 10.1. The van der Waals surface area contributed by atoms with E-state index in [2.05, 4.69) is 10.1 Å². The van der Waals surface area contributed by atoms with Crippen LogP contribution in [0.25, 0.3) is 5.69 Å². The Kier molecular flexibility index (Phi) is 3.14. The van der Waals surface area contributed by atoms with Gasteiger partial charge >= 0.3 is 0 Å². The average molecular weight is 257 g/mol. The Morgan fingerprint density at radius 1 is 1.38 bits per heavy atom. The summed E-state index contributed by atoms with van der Waals surface area (Å²) in [4.78, 5) is 4.20. The molecule has 4 nitrogen and oxygen atoms in total. The Morgan fingerprint density at radius 2 is 2.12 bits per heavy atom. The molecule has 16 heavy (non-hydrogen) atoms. The van der Waals surface area contributed by atoms with Crippen LogP contribution in [0, 0.1) is 6.92 Å². The molecule has 1 aromatic carbocycles. The third-order valence-corrected chi connectivity index (χ3v) is 2.93. The van der Waals surface area contributed by atoms with Gasteiger partial charge in [0.05, 0.1) is 22.3 Å². The van der Waals surface area contributed by atoms with Crippen LogP contribution in [0.3, 0.4) is 0 Å². The summed E-state index contributed by atoms with van der Waals surface area (Å²) in [5, 5.41) is 5.17. The van der Waals surface area contributed by atoms with Crippen molar-refractivity contribution in [3.8, 4) is 5.69 Å². The van der Waals surface area contributed by atoms with E-state index in [9.17, 15) is 0 Å². The van der Waals surface area contributed by atoms with Crippen molar-refractivity contribution in [2.45, 2.75) is 13.5 Å². The number of hydrogen-bond acceptors (Lipinski definition) is 3. The van der Waals surface area contributed by atoms with Crippen LogP contribution in [0.2, 0.25) is 10.0 Å². The molecule has 1 heterocycles. The number of aryl methyl sites for hydroxylation is 1. The third-order valence-electron chi connectivity index (χ3n) is 2.12. The van der Waals surface area contributed by atoms with E-state index in [1.807, 2.05) is 6.07 Å². The molecule has 0 atom stereocenters. The number of nitrogens with two attached hydrogens (primary N) is 1. The monoisotopic (exact) mass is 256 g/mol. The van der Waals surface area contributed by atoms with Gasteiger partial charge in [-0.15, -0.1) is 0 Å². The van der Waals surface area contributed by atoms with Crippen molar-refractivity contribution in [3.05, 3.63) is 39.9 Å². The van der Waals surface area contributed by atoms with Crippen molar-refractivity contribution in [2.75, 3.05) is 0 Å². The van der Waals surface area contributed by atoms with E-state index >= 15 is 0 Å². The van der Waals surface area contributed by atoms with Crippen molar-refractivity contribution in [1.29, 1.82) is 0 Å². The van der Waals surface area contributed by atoms with Crippen molar-refractivity contribution in [2.24, 2.45) is 5.73 Å². The van der Waals surface area contributed by atoms with Gasteiger partial charge in [0.15, 0.2) is 0 Å². The van der Waals surface area contributed by atoms with Gasteiger partial charge in [-0.05, 0) is 19.1 Å². The summed E-state index contributed by atoms with van der Waals surface area (Å²) in [5.74, 6) is 1.30. The summed E-state index contributed by atoms with van der Waals surface area (Å²) in [6.45, 7) is 2.10. The average Bonchev–Trinajstić information content (AvgIpc) is 2.63. The maximum Gasteiger partial charge on any atom is 0.148 e. The Bertz CT molecular complexity index is 522. The third kappa shape index (κ3) is 1.91. The van der Waals surface area contributed by atoms with Gasteiger partial charge in [0.25, 0.3) is 0 Å². The second-order valence-corrected chi connectivity index (χ2v) is 4.05. The summed E-state index contributed by atoms with van der Waals surface area (Å²) >= 11 is 12.0. The fourth-order valence-corrected chi connectivity index (χ4v) is 1.82. The normalized spacial score (nSPS) is 10.8. The molecule has 0 radical (unpaired) electrons. The molecule has 0 unspecified atom stereocenters. The number of nitrogens with zero attached hydrogens (tertiary/aromatic N) is 3. The lowest BCUT2D eigenvalue weighted by Gasteiger charge is -2.07. The summed E-state index contributed by atoms with van der Waals surface area (Å²) in [6, 6.07) is 5.35. The van der Waals surface area contributed by atoms with Crippen LogP contribution < -0.4 is 5.73 Å². The Balaban J connectivity index is 2.62. The highest BCUT2D eigenvalue weighted by Gasteiger charge is 2.12. The molecular formula is C10H10Cl2N4. The number of benzene rings is 1. The van der Waals surface area contributed by atoms with Crippen molar-refractivity contribution in [1.82, 2.24) is 14.8 Å². The lowest BCUT2D eigenvalue weighted by atomic mass is 10.3. The molecular weight excluding hydrogens is 247 g/mol. The molecule has 0 spiro atoms. The number of halogens is 2. The first-order chi connectivity index (χ1) is 7.63. The second-order valence-electron chi connectivity index (χ2n) is 3.26. The molecule has 6 heteroatoms. The first kappa shape index (κ1) is 11.4. The van der Waals surface area contributed by atoms with Crippen LogP contribution in [0.5, 0.6) is 0 Å². The van der Waals surface area contributed by atoms with Gasteiger partial charge in [-0.3, -0.25) is 0 Å². The highest BCUT2D eigenvalue weighted by atomic mass is 35.5. The van der Waals surface area contributed by atoms with Crippen molar-refractivity contribution >= 4 is 23.2 Å². The molecule has 2 rings (SSSR count). The fourth-order valence-electron chi connectivity index (χ4n) is 1.44. The highest BCUT2D eigenvalue weighted by molar-refractivity contribution is 6.43. The van der Waals surface area contributed by atoms with E-state index in [4.69, 9.17) is 28.9 Å². The van der Waals surface area contributed by atoms with E-state index in [0.29, 0.717) is 33.9 Å². The maximum atomic E-state index is 6.10. The molecule has 0 saturated carbocycles. The summed E-state index contributed by atoms with van der Waals surface area (Å²) in [7, 11) is 0. The molecule has 0 saturated heterocycles. The van der Waals surface area contributed by atoms with Crippen LogP contribution in [-0.2, 0) is 6.54 Å². The Morgan fingerprint density at radius 3 is 2.81 bits per heavy atom. The summed E-state index contributed by atoms with van der Waals surface area (Å²) in [5.41, 5.74) is 6.28.